The molecule has 6 rings (SSSR count). The van der Waals surface area contributed by atoms with E-state index in [1.54, 1.807) is 0 Å². The van der Waals surface area contributed by atoms with Crippen LogP contribution < -0.4 is 68.4 Å². The number of carboxylic acids is 1. The molecule has 2 heterocycles. The first-order valence-corrected chi connectivity index (χ1v) is 14.8. The third-order valence-corrected chi connectivity index (χ3v) is 9.37. The van der Waals surface area contributed by atoms with Gasteiger partial charge in [0, 0.05) is 42.5 Å². The van der Waals surface area contributed by atoms with Crippen LogP contribution in [0, 0.1) is 13.8 Å². The van der Waals surface area contributed by atoms with Gasteiger partial charge in [0.2, 0.25) is 5.69 Å². The number of aliphatic imine (C=N–C) groups is 1. The maximum Gasteiger partial charge on any atom is 1.00 e. The standard InChI is InChI=1S/C21H25NO2.C16H17N.2CH4.BrH.K/c1-14-8-10-17-16(13-14)9-11-18-20(17)21(3,4)15(2)22(18)12-6-5-7-19(23)24;1-10-5-7-13-12(9-10)6-8-14-15(13)16(3,4)11(2)17-14;;;;/h8-11,13H,5-7,12H2,1-4H3;5-9H,1-4H3;2*1H4;1H;/q;;;;;+1. The molecule has 2 aliphatic heterocycles. The third kappa shape index (κ3) is 7.90. The Morgan fingerprint density at radius 3 is 1.84 bits per heavy atom. The molecule has 236 valence electrons. The van der Waals surface area contributed by atoms with Crippen LogP contribution in [-0.2, 0) is 15.6 Å². The van der Waals surface area contributed by atoms with Crippen LogP contribution in [0.4, 0.5) is 11.4 Å². The van der Waals surface area contributed by atoms with Crippen molar-refractivity contribution in [1.82, 2.24) is 0 Å². The topological polar surface area (TPSA) is 52.7 Å². The molecule has 0 aliphatic carbocycles. The van der Waals surface area contributed by atoms with Gasteiger partial charge in [-0.25, -0.2) is 0 Å². The summed E-state index contributed by atoms with van der Waals surface area (Å²) in [5, 5.41) is 14.1. The van der Waals surface area contributed by atoms with Gasteiger partial charge in [0.05, 0.1) is 11.1 Å². The smallest absolute Gasteiger partial charge is 1.00 e. The molecule has 0 unspecified atom stereocenters. The van der Waals surface area contributed by atoms with Gasteiger partial charge in [-0.3, -0.25) is 9.79 Å². The first-order valence-electron chi connectivity index (χ1n) is 14.8. The van der Waals surface area contributed by atoms with Crippen LogP contribution in [0.15, 0.2) is 65.7 Å². The number of carboxylic acid groups (broad SMARTS) is 1. The number of aliphatic carboxylic acids is 1. The predicted octanol–water partition coefficient (Wildman–Crippen LogP) is 4.61. The van der Waals surface area contributed by atoms with Crippen molar-refractivity contribution in [3.63, 3.8) is 0 Å². The monoisotopic (exact) mass is 697 g/mol. The number of rotatable bonds is 5. The minimum Gasteiger partial charge on any atom is -1.00 e. The molecule has 4 aromatic carbocycles. The minimum atomic E-state index is -0.709. The summed E-state index contributed by atoms with van der Waals surface area (Å²) in [5.74, 6) is -0.709. The Bertz CT molecular complexity index is 1770. The van der Waals surface area contributed by atoms with Crippen LogP contribution >= 0.6 is 0 Å². The van der Waals surface area contributed by atoms with Crippen molar-refractivity contribution >= 4 is 50.3 Å². The first kappa shape index (κ1) is 41.3. The summed E-state index contributed by atoms with van der Waals surface area (Å²) < 4.78 is 2.39. The van der Waals surface area contributed by atoms with Gasteiger partial charge >= 0.3 is 57.4 Å². The van der Waals surface area contributed by atoms with E-state index < -0.39 is 5.97 Å². The number of hydrogen-bond donors (Lipinski definition) is 1. The van der Waals surface area contributed by atoms with Gasteiger partial charge in [-0.1, -0.05) is 82.3 Å². The molecule has 6 heteroatoms. The van der Waals surface area contributed by atoms with Gasteiger partial charge in [-0.05, 0) is 80.3 Å². The molecule has 0 bridgehead atoms. The largest absolute Gasteiger partial charge is 1.00 e. The molecule has 2 aliphatic rings. The normalized spacial score (nSPS) is 14.9. The number of hydrogen-bond acceptors (Lipinski definition) is 2. The van der Waals surface area contributed by atoms with Gasteiger partial charge in [-0.15, -0.1) is 0 Å². The molecule has 4 nitrogen and oxygen atoms in total. The summed E-state index contributed by atoms with van der Waals surface area (Å²) in [6, 6.07) is 22.1. The summed E-state index contributed by atoms with van der Waals surface area (Å²) in [7, 11) is 0. The number of unbranched alkanes of at least 4 members (excludes halogenated alkanes) is 1. The number of fused-ring (bicyclic) bond motifs is 6. The number of benzene rings is 4. The third-order valence-electron chi connectivity index (χ3n) is 9.37. The van der Waals surface area contributed by atoms with Crippen molar-refractivity contribution < 1.29 is 82.8 Å². The van der Waals surface area contributed by atoms with E-state index in [4.69, 9.17) is 10.1 Å². The van der Waals surface area contributed by atoms with E-state index in [0.29, 0.717) is 0 Å². The second-order valence-corrected chi connectivity index (χ2v) is 12.9. The molecule has 0 amide bonds. The van der Waals surface area contributed by atoms with Crippen LogP contribution in [0.2, 0.25) is 0 Å². The minimum absolute atomic E-state index is 0. The van der Waals surface area contributed by atoms with Crippen molar-refractivity contribution in [2.24, 2.45) is 4.99 Å². The van der Waals surface area contributed by atoms with Gasteiger partial charge in [0.15, 0.2) is 5.71 Å². The molecule has 0 aromatic heterocycles. The maximum atomic E-state index is 10.7. The summed E-state index contributed by atoms with van der Waals surface area (Å²) in [6.07, 6.45) is 1.87. The van der Waals surface area contributed by atoms with Crippen LogP contribution in [0.1, 0.15) is 97.9 Å². The van der Waals surface area contributed by atoms with E-state index in [1.807, 2.05) is 0 Å². The van der Waals surface area contributed by atoms with E-state index in [1.165, 1.54) is 60.9 Å². The fourth-order valence-corrected chi connectivity index (χ4v) is 6.54. The van der Waals surface area contributed by atoms with Crippen LogP contribution in [0.5, 0.6) is 0 Å². The molecule has 0 spiro atoms. The molecule has 4 aromatic rings. The van der Waals surface area contributed by atoms with E-state index in [-0.39, 0.29) is 100 Å². The Labute approximate surface area is 324 Å². The van der Waals surface area contributed by atoms with Crippen molar-refractivity contribution in [2.45, 2.75) is 100 Å². The Hall–Kier alpha value is -1.67. The number of halogens is 1. The number of aryl methyl sites for hydroxylation is 2. The van der Waals surface area contributed by atoms with Crippen molar-refractivity contribution in [1.29, 1.82) is 0 Å². The first-order chi connectivity index (χ1) is 19.3. The fourth-order valence-electron chi connectivity index (χ4n) is 6.54. The van der Waals surface area contributed by atoms with Crippen LogP contribution in [-0.4, -0.2) is 33.6 Å². The van der Waals surface area contributed by atoms with Crippen LogP contribution in [0.25, 0.3) is 21.5 Å². The Balaban J connectivity index is 0.000000431. The predicted molar refractivity (Wildman–Crippen MR) is 187 cm³/mol. The van der Waals surface area contributed by atoms with E-state index in [0.717, 1.165) is 25.1 Å². The second-order valence-electron chi connectivity index (χ2n) is 12.9. The van der Waals surface area contributed by atoms with Gasteiger partial charge in [0.1, 0.15) is 6.54 Å². The van der Waals surface area contributed by atoms with E-state index >= 15 is 0 Å². The molecule has 1 N–H and O–H groups in total. The zero-order chi connectivity index (χ0) is 29.7. The molecule has 0 radical (unpaired) electrons. The zero-order valence-electron chi connectivity index (χ0n) is 27.2. The number of nitrogens with zero attached hydrogens (tertiary/aromatic N) is 2. The van der Waals surface area contributed by atoms with E-state index in [9.17, 15) is 4.79 Å². The van der Waals surface area contributed by atoms with Gasteiger partial charge < -0.3 is 22.1 Å². The quantitative estimate of drug-likeness (QED) is 0.188. The maximum absolute atomic E-state index is 10.7. The zero-order valence-corrected chi connectivity index (χ0v) is 31.9. The summed E-state index contributed by atoms with van der Waals surface area (Å²) >= 11 is 0. The van der Waals surface area contributed by atoms with Crippen molar-refractivity contribution in [2.75, 3.05) is 6.54 Å². The Morgan fingerprint density at radius 1 is 0.756 bits per heavy atom. The molecule has 0 fully saturated rings. The van der Waals surface area contributed by atoms with E-state index in [2.05, 4.69) is 121 Å². The molecule has 0 saturated heterocycles. The summed E-state index contributed by atoms with van der Waals surface area (Å²) in [6.45, 7) is 18.6. The average Bonchev–Trinajstić information content (AvgIpc) is 3.26. The van der Waals surface area contributed by atoms with Gasteiger partial charge in [-0.2, -0.15) is 4.58 Å². The molecular weight excluding hydrogens is 647 g/mol. The average molecular weight is 699 g/mol. The molecule has 45 heavy (non-hydrogen) atoms. The second kappa shape index (κ2) is 15.9. The van der Waals surface area contributed by atoms with Crippen molar-refractivity contribution in [3.05, 3.63) is 82.9 Å². The van der Waals surface area contributed by atoms with Gasteiger partial charge in [0.25, 0.3) is 0 Å². The summed E-state index contributed by atoms with van der Waals surface area (Å²) in [4.78, 5) is 15.4. The summed E-state index contributed by atoms with van der Waals surface area (Å²) in [5.41, 5.74) is 10.4. The van der Waals surface area contributed by atoms with Crippen molar-refractivity contribution in [3.8, 4) is 0 Å². The Kier molecular flexibility index (Phi) is 14.7. The SMILES string of the molecule is C.C.CC1=Nc2ccc3cc(C)ccc3c2C1(C)C.CC1=[N+](CCCCC(=O)O)c2ccc3cc(C)ccc3c2C1(C)C.[Br-].[K+]. The molecule has 0 atom stereocenters. The molecule has 0 saturated carbocycles. The van der Waals surface area contributed by atoms with Crippen LogP contribution in [0.3, 0.4) is 0 Å². The fraction of sp³-hybridized carbons (Fsp3) is 0.410. The Morgan fingerprint density at radius 2 is 1.29 bits per heavy atom. The number of carbonyl (C=O) groups is 1. The molecular formula is C39H51BrKN2O2+.